The summed E-state index contributed by atoms with van der Waals surface area (Å²) in [6.07, 6.45) is 7.60. The van der Waals surface area contributed by atoms with E-state index in [-0.39, 0.29) is 0 Å². The number of fused-ring (bicyclic) bond motifs is 1. The summed E-state index contributed by atoms with van der Waals surface area (Å²) in [5.41, 5.74) is 5.73. The first kappa shape index (κ1) is 11.6. The molecular formula is C12H22N4. The minimum Gasteiger partial charge on any atom is -0.333 e. The lowest BCUT2D eigenvalue weighted by Gasteiger charge is -2.27. The topological polar surface area (TPSA) is 47.1 Å². The molecule has 90 valence electrons. The molecule has 4 heteroatoms. The van der Waals surface area contributed by atoms with Crippen molar-refractivity contribution in [2.45, 2.75) is 45.3 Å². The van der Waals surface area contributed by atoms with Crippen molar-refractivity contribution in [2.24, 2.45) is 5.73 Å². The number of imidazole rings is 1. The fourth-order valence-electron chi connectivity index (χ4n) is 2.22. The summed E-state index contributed by atoms with van der Waals surface area (Å²) in [6, 6.07) is 0.347. The number of aromatic nitrogens is 2. The van der Waals surface area contributed by atoms with Gasteiger partial charge in [0, 0.05) is 31.5 Å². The van der Waals surface area contributed by atoms with Gasteiger partial charge >= 0.3 is 0 Å². The maximum Gasteiger partial charge on any atom is 0.122 e. The smallest absolute Gasteiger partial charge is 0.122 e. The molecule has 2 N–H and O–H groups in total. The number of nitrogens with two attached hydrogens (primary N) is 1. The van der Waals surface area contributed by atoms with Crippen LogP contribution in [0.1, 0.15) is 32.0 Å². The van der Waals surface area contributed by atoms with Crippen LogP contribution in [-0.4, -0.2) is 33.6 Å². The summed E-state index contributed by atoms with van der Waals surface area (Å²) in [4.78, 5) is 6.85. The largest absolute Gasteiger partial charge is 0.333 e. The van der Waals surface area contributed by atoms with Gasteiger partial charge in [-0.15, -0.1) is 0 Å². The number of hydrogen-bond donors (Lipinski definition) is 1. The number of nitrogens with zero attached hydrogens (tertiary/aromatic N) is 3. The van der Waals surface area contributed by atoms with E-state index in [0.717, 1.165) is 26.1 Å². The molecule has 0 aromatic carbocycles. The fourth-order valence-corrected chi connectivity index (χ4v) is 2.22. The molecule has 0 radical (unpaired) electrons. The predicted molar refractivity (Wildman–Crippen MR) is 65.0 cm³/mol. The van der Waals surface area contributed by atoms with E-state index in [9.17, 15) is 0 Å². The second-order valence-electron chi connectivity index (χ2n) is 4.79. The van der Waals surface area contributed by atoms with Gasteiger partial charge < -0.3 is 10.3 Å². The van der Waals surface area contributed by atoms with E-state index < -0.39 is 0 Å². The Morgan fingerprint density at radius 3 is 3.12 bits per heavy atom. The van der Waals surface area contributed by atoms with Gasteiger partial charge in [0.2, 0.25) is 0 Å². The maximum absolute atomic E-state index is 5.73. The average Bonchev–Trinajstić information content (AvgIpc) is 2.71. The molecule has 1 unspecified atom stereocenters. The Kier molecular flexibility index (Phi) is 3.96. The van der Waals surface area contributed by atoms with Crippen LogP contribution in [0, 0.1) is 0 Å². The van der Waals surface area contributed by atoms with Crippen LogP contribution in [0.15, 0.2) is 12.4 Å². The third-order valence-electron chi connectivity index (χ3n) is 3.21. The van der Waals surface area contributed by atoms with Crippen LogP contribution >= 0.6 is 0 Å². The van der Waals surface area contributed by atoms with Crippen LogP contribution in [0.2, 0.25) is 0 Å². The summed E-state index contributed by atoms with van der Waals surface area (Å²) >= 11 is 0. The van der Waals surface area contributed by atoms with Gasteiger partial charge in [0.05, 0.1) is 6.54 Å². The highest BCUT2D eigenvalue weighted by Gasteiger charge is 2.15. The zero-order valence-corrected chi connectivity index (χ0v) is 10.1. The maximum atomic E-state index is 5.73. The van der Waals surface area contributed by atoms with Crippen LogP contribution in [-0.2, 0) is 13.1 Å². The molecule has 1 aliphatic rings. The second-order valence-corrected chi connectivity index (χ2v) is 4.79. The third-order valence-corrected chi connectivity index (χ3v) is 3.21. The first-order valence-corrected chi connectivity index (χ1v) is 6.23. The molecule has 1 aromatic rings. The summed E-state index contributed by atoms with van der Waals surface area (Å²) in [5, 5.41) is 0. The standard InChI is InChI=1S/C12H22N4/c1-11(13)4-2-3-6-15-8-9-16-7-5-14-12(16)10-15/h5,7,11H,2-4,6,8-10,13H2,1H3. The van der Waals surface area contributed by atoms with Crippen LogP contribution in [0.5, 0.6) is 0 Å². The van der Waals surface area contributed by atoms with Crippen molar-refractivity contribution in [3.63, 3.8) is 0 Å². The van der Waals surface area contributed by atoms with Crippen molar-refractivity contribution in [1.29, 1.82) is 0 Å². The van der Waals surface area contributed by atoms with Crippen molar-refractivity contribution in [3.05, 3.63) is 18.2 Å². The first-order valence-electron chi connectivity index (χ1n) is 6.23. The van der Waals surface area contributed by atoms with Crippen LogP contribution in [0.4, 0.5) is 0 Å². The lowest BCUT2D eigenvalue weighted by atomic mass is 10.1. The van der Waals surface area contributed by atoms with Crippen molar-refractivity contribution >= 4 is 0 Å². The molecule has 0 bridgehead atoms. The van der Waals surface area contributed by atoms with Crippen LogP contribution in [0.25, 0.3) is 0 Å². The Balaban J connectivity index is 1.69. The van der Waals surface area contributed by atoms with Gasteiger partial charge in [0.1, 0.15) is 5.82 Å². The summed E-state index contributed by atoms with van der Waals surface area (Å²) in [6.45, 7) is 6.51. The van der Waals surface area contributed by atoms with Gasteiger partial charge in [0.15, 0.2) is 0 Å². The quantitative estimate of drug-likeness (QED) is 0.762. The molecule has 0 fully saturated rings. The third kappa shape index (κ3) is 3.06. The lowest BCUT2D eigenvalue weighted by molar-refractivity contribution is 0.212. The molecule has 0 aliphatic carbocycles. The molecule has 2 rings (SSSR count). The van der Waals surface area contributed by atoms with Gasteiger partial charge in [-0.1, -0.05) is 6.42 Å². The minimum absolute atomic E-state index is 0.347. The highest BCUT2D eigenvalue weighted by molar-refractivity contribution is 4.95. The first-order chi connectivity index (χ1) is 7.75. The molecule has 2 heterocycles. The molecule has 1 aromatic heterocycles. The molecule has 1 aliphatic heterocycles. The van der Waals surface area contributed by atoms with Crippen molar-refractivity contribution in [3.8, 4) is 0 Å². The molecule has 1 atom stereocenters. The van der Waals surface area contributed by atoms with Gasteiger partial charge in [-0.3, -0.25) is 4.90 Å². The van der Waals surface area contributed by atoms with Gasteiger partial charge in [-0.05, 0) is 26.3 Å². The number of unbranched alkanes of at least 4 members (excludes halogenated alkanes) is 1. The van der Waals surface area contributed by atoms with E-state index in [1.165, 1.54) is 25.2 Å². The Labute approximate surface area is 97.4 Å². The number of rotatable bonds is 5. The second kappa shape index (κ2) is 5.46. The monoisotopic (exact) mass is 222 g/mol. The van der Waals surface area contributed by atoms with Crippen molar-refractivity contribution in [2.75, 3.05) is 13.1 Å². The molecule has 0 saturated carbocycles. The SMILES string of the molecule is CC(N)CCCCN1CCn2ccnc2C1. The van der Waals surface area contributed by atoms with Gasteiger partial charge in [-0.25, -0.2) is 4.98 Å². The van der Waals surface area contributed by atoms with Crippen molar-refractivity contribution in [1.82, 2.24) is 14.5 Å². The lowest BCUT2D eigenvalue weighted by Crippen LogP contribution is -2.34. The van der Waals surface area contributed by atoms with Gasteiger partial charge in [0.25, 0.3) is 0 Å². The Morgan fingerprint density at radius 1 is 1.44 bits per heavy atom. The zero-order chi connectivity index (χ0) is 11.4. The summed E-state index contributed by atoms with van der Waals surface area (Å²) in [7, 11) is 0. The normalized spacial score (nSPS) is 18.4. The van der Waals surface area contributed by atoms with Crippen molar-refractivity contribution < 1.29 is 0 Å². The molecule has 0 amide bonds. The van der Waals surface area contributed by atoms with E-state index in [1.54, 1.807) is 0 Å². The molecule has 4 nitrogen and oxygen atoms in total. The van der Waals surface area contributed by atoms with E-state index in [4.69, 9.17) is 5.73 Å². The van der Waals surface area contributed by atoms with Crippen LogP contribution < -0.4 is 5.73 Å². The molecular weight excluding hydrogens is 200 g/mol. The molecule has 0 spiro atoms. The average molecular weight is 222 g/mol. The molecule has 16 heavy (non-hydrogen) atoms. The Hall–Kier alpha value is -0.870. The minimum atomic E-state index is 0.347. The zero-order valence-electron chi connectivity index (χ0n) is 10.1. The predicted octanol–water partition coefficient (Wildman–Crippen LogP) is 1.22. The van der Waals surface area contributed by atoms with E-state index in [0.29, 0.717) is 6.04 Å². The highest BCUT2D eigenvalue weighted by Crippen LogP contribution is 2.11. The fraction of sp³-hybridized carbons (Fsp3) is 0.750. The Morgan fingerprint density at radius 2 is 2.31 bits per heavy atom. The summed E-state index contributed by atoms with van der Waals surface area (Å²) < 4.78 is 2.25. The van der Waals surface area contributed by atoms with E-state index in [1.807, 2.05) is 6.20 Å². The number of hydrogen-bond acceptors (Lipinski definition) is 3. The highest BCUT2D eigenvalue weighted by atomic mass is 15.2. The van der Waals surface area contributed by atoms with E-state index >= 15 is 0 Å². The van der Waals surface area contributed by atoms with E-state index in [2.05, 4.69) is 27.6 Å². The van der Waals surface area contributed by atoms with Crippen LogP contribution in [0.3, 0.4) is 0 Å². The van der Waals surface area contributed by atoms with Gasteiger partial charge in [-0.2, -0.15) is 0 Å². The summed E-state index contributed by atoms with van der Waals surface area (Å²) in [5.74, 6) is 1.21. The molecule has 0 saturated heterocycles. The Bertz CT molecular complexity index is 319.